The van der Waals surface area contributed by atoms with Crippen molar-refractivity contribution < 1.29 is 13.2 Å². The Morgan fingerprint density at radius 1 is 0.545 bits per heavy atom. The van der Waals surface area contributed by atoms with Crippen LogP contribution in [0, 0.1) is 17.5 Å². The summed E-state index contributed by atoms with van der Waals surface area (Å²) in [4.78, 5) is 1.97. The maximum Gasteiger partial charge on any atom is 0.134 e. The van der Waals surface area contributed by atoms with E-state index in [1.807, 2.05) is 0 Å². The minimum Gasteiger partial charge on any atom is -0.207 e. The maximum atomic E-state index is 13.3. The number of thioether (sulfide) groups is 3. The predicted octanol–water partition coefficient (Wildman–Crippen LogP) is 7.77. The van der Waals surface area contributed by atoms with Gasteiger partial charge < -0.3 is 0 Å². The van der Waals surface area contributed by atoms with Crippen molar-refractivity contribution in [3.63, 3.8) is 0 Å². The van der Waals surface area contributed by atoms with E-state index in [2.05, 4.69) is 10.2 Å². The molecule has 0 fully saturated rings. The molecule has 0 radical (unpaired) electrons. The molecular weight excluding hydrogens is 481 g/mol. The molecule has 0 atom stereocenters. The third-order valence-corrected chi connectivity index (χ3v) is 8.21. The number of hydrogen-bond donors (Lipinski definition) is 0. The second-order valence-electron chi connectivity index (χ2n) is 7.09. The first-order valence-electron chi connectivity index (χ1n) is 10.0. The number of hydrogen-bond acceptors (Lipinski definition) is 5. The number of nitrogens with zero attached hydrogens (tertiary/aromatic N) is 2. The van der Waals surface area contributed by atoms with Crippen LogP contribution in [0.2, 0.25) is 0 Å². The standard InChI is InChI=1S/C25H19F3N2S3/c26-20-7-1-17(2-8-20)14-31-23-13-29-30-25(33-16-19-5-11-22(28)12-6-19)24(23)32-15-18-3-9-21(27)10-4-18/h1-13H,14-16H2. The van der Waals surface area contributed by atoms with Crippen LogP contribution in [-0.2, 0) is 17.3 Å². The summed E-state index contributed by atoms with van der Waals surface area (Å²) in [5, 5.41) is 9.34. The molecule has 0 amide bonds. The van der Waals surface area contributed by atoms with Gasteiger partial charge in [-0.15, -0.1) is 28.6 Å². The Labute approximate surface area is 203 Å². The molecule has 0 aliphatic rings. The number of halogens is 3. The molecule has 1 aromatic heterocycles. The molecule has 4 aromatic rings. The molecule has 0 bridgehead atoms. The van der Waals surface area contributed by atoms with Crippen LogP contribution in [0.4, 0.5) is 13.2 Å². The molecule has 0 saturated carbocycles. The molecular formula is C25H19F3N2S3. The molecule has 8 heteroatoms. The van der Waals surface area contributed by atoms with Crippen LogP contribution in [0.3, 0.4) is 0 Å². The summed E-state index contributed by atoms with van der Waals surface area (Å²) in [5.74, 6) is 1.16. The van der Waals surface area contributed by atoms with E-state index in [1.165, 1.54) is 36.4 Å². The van der Waals surface area contributed by atoms with Gasteiger partial charge in [-0.1, -0.05) is 48.2 Å². The van der Waals surface area contributed by atoms with Crippen LogP contribution in [0.25, 0.3) is 0 Å². The van der Waals surface area contributed by atoms with E-state index >= 15 is 0 Å². The molecule has 1 heterocycles. The van der Waals surface area contributed by atoms with Gasteiger partial charge in [-0.3, -0.25) is 0 Å². The van der Waals surface area contributed by atoms with Crippen molar-refractivity contribution in [1.29, 1.82) is 0 Å². The molecule has 0 aliphatic carbocycles. The van der Waals surface area contributed by atoms with E-state index in [1.54, 1.807) is 77.9 Å². The van der Waals surface area contributed by atoms with Crippen LogP contribution < -0.4 is 0 Å². The van der Waals surface area contributed by atoms with Gasteiger partial charge >= 0.3 is 0 Å². The van der Waals surface area contributed by atoms with Gasteiger partial charge in [-0.2, -0.15) is 5.10 Å². The topological polar surface area (TPSA) is 25.8 Å². The first-order chi connectivity index (χ1) is 16.1. The first-order valence-corrected chi connectivity index (χ1v) is 13.0. The van der Waals surface area contributed by atoms with Crippen molar-refractivity contribution in [2.45, 2.75) is 32.1 Å². The maximum absolute atomic E-state index is 13.3. The average Bonchev–Trinajstić information content (AvgIpc) is 2.83. The van der Waals surface area contributed by atoms with Gasteiger partial charge in [0.15, 0.2) is 0 Å². The van der Waals surface area contributed by atoms with Crippen LogP contribution in [0.1, 0.15) is 16.7 Å². The van der Waals surface area contributed by atoms with Crippen molar-refractivity contribution in [2.24, 2.45) is 0 Å². The zero-order valence-corrected chi connectivity index (χ0v) is 19.8. The summed E-state index contributed by atoms with van der Waals surface area (Å²) in [5.41, 5.74) is 3.00. The van der Waals surface area contributed by atoms with Crippen molar-refractivity contribution in [3.8, 4) is 0 Å². The number of benzene rings is 3. The normalized spacial score (nSPS) is 11.0. The highest BCUT2D eigenvalue weighted by Crippen LogP contribution is 2.40. The van der Waals surface area contributed by atoms with E-state index in [4.69, 9.17) is 0 Å². The SMILES string of the molecule is Fc1ccc(CSc2cnnc(SCc3ccc(F)cc3)c2SCc2ccc(F)cc2)cc1. The Bertz CT molecular complexity index is 1120. The summed E-state index contributed by atoms with van der Waals surface area (Å²) >= 11 is 4.78. The average molecular weight is 501 g/mol. The molecule has 33 heavy (non-hydrogen) atoms. The van der Waals surface area contributed by atoms with Crippen LogP contribution in [0.5, 0.6) is 0 Å². The Morgan fingerprint density at radius 2 is 0.970 bits per heavy atom. The van der Waals surface area contributed by atoms with Crippen molar-refractivity contribution in [2.75, 3.05) is 0 Å². The zero-order valence-electron chi connectivity index (χ0n) is 17.4. The van der Waals surface area contributed by atoms with Gasteiger partial charge in [0.25, 0.3) is 0 Å². The zero-order chi connectivity index (χ0) is 23.0. The minimum absolute atomic E-state index is 0.260. The summed E-state index contributed by atoms with van der Waals surface area (Å²) in [6, 6.07) is 19.3. The second kappa shape index (κ2) is 11.6. The largest absolute Gasteiger partial charge is 0.207 e. The molecule has 168 valence electrons. The summed E-state index contributed by atoms with van der Waals surface area (Å²) in [6.45, 7) is 0. The molecule has 4 rings (SSSR count). The highest BCUT2D eigenvalue weighted by Gasteiger charge is 2.14. The molecule has 0 aliphatic heterocycles. The van der Waals surface area contributed by atoms with Crippen molar-refractivity contribution in [3.05, 3.63) is 113 Å². The van der Waals surface area contributed by atoms with E-state index in [0.29, 0.717) is 17.3 Å². The molecule has 0 N–H and O–H groups in total. The van der Waals surface area contributed by atoms with Crippen LogP contribution in [0.15, 0.2) is 93.8 Å². The van der Waals surface area contributed by atoms with Gasteiger partial charge in [0.1, 0.15) is 22.5 Å². The monoisotopic (exact) mass is 500 g/mol. The van der Waals surface area contributed by atoms with Crippen molar-refractivity contribution in [1.82, 2.24) is 10.2 Å². The van der Waals surface area contributed by atoms with Crippen molar-refractivity contribution >= 4 is 35.3 Å². The second-order valence-corrected chi connectivity index (χ2v) is 10.1. The molecule has 2 nitrogen and oxygen atoms in total. The van der Waals surface area contributed by atoms with Crippen LogP contribution >= 0.6 is 35.3 Å². The van der Waals surface area contributed by atoms with Crippen LogP contribution in [-0.4, -0.2) is 10.2 Å². The minimum atomic E-state index is -0.265. The van der Waals surface area contributed by atoms with E-state index in [-0.39, 0.29) is 17.5 Å². The summed E-state index contributed by atoms with van der Waals surface area (Å²) < 4.78 is 39.7. The highest BCUT2D eigenvalue weighted by atomic mass is 32.2. The fourth-order valence-corrected chi connectivity index (χ4v) is 6.22. The lowest BCUT2D eigenvalue weighted by atomic mass is 10.2. The Morgan fingerprint density at radius 3 is 1.45 bits per heavy atom. The summed E-state index contributed by atoms with van der Waals surface area (Å²) in [7, 11) is 0. The Hall–Kier alpha value is -2.42. The summed E-state index contributed by atoms with van der Waals surface area (Å²) in [6.07, 6.45) is 1.74. The molecule has 0 unspecified atom stereocenters. The van der Waals surface area contributed by atoms with Gasteiger partial charge in [0, 0.05) is 22.2 Å². The van der Waals surface area contributed by atoms with Gasteiger partial charge in [-0.05, 0) is 53.1 Å². The molecule has 0 spiro atoms. The Balaban J connectivity index is 1.53. The molecule has 3 aromatic carbocycles. The highest BCUT2D eigenvalue weighted by molar-refractivity contribution is 8.03. The van der Waals surface area contributed by atoms with E-state index in [9.17, 15) is 13.2 Å². The Kier molecular flexibility index (Phi) is 8.36. The quantitative estimate of drug-likeness (QED) is 0.219. The van der Waals surface area contributed by atoms with E-state index < -0.39 is 0 Å². The third-order valence-electron chi connectivity index (χ3n) is 4.63. The van der Waals surface area contributed by atoms with Gasteiger partial charge in [0.2, 0.25) is 0 Å². The fourth-order valence-electron chi connectivity index (χ4n) is 2.88. The van der Waals surface area contributed by atoms with Gasteiger partial charge in [0.05, 0.1) is 11.1 Å². The lowest BCUT2D eigenvalue weighted by molar-refractivity contribution is 0.627. The smallest absolute Gasteiger partial charge is 0.134 e. The predicted molar refractivity (Wildman–Crippen MR) is 130 cm³/mol. The number of aromatic nitrogens is 2. The lowest BCUT2D eigenvalue weighted by Gasteiger charge is -2.13. The van der Waals surface area contributed by atoms with E-state index in [0.717, 1.165) is 31.5 Å². The fraction of sp³-hybridized carbons (Fsp3) is 0.120. The molecule has 0 saturated heterocycles. The third kappa shape index (κ3) is 7.03. The number of rotatable bonds is 9. The lowest BCUT2D eigenvalue weighted by Crippen LogP contribution is -1.94. The first kappa shape index (κ1) is 23.7. The van der Waals surface area contributed by atoms with Gasteiger partial charge in [-0.25, -0.2) is 13.2 Å².